The van der Waals surface area contributed by atoms with Crippen molar-refractivity contribution in [2.75, 3.05) is 13.6 Å². The van der Waals surface area contributed by atoms with Gasteiger partial charge in [0.1, 0.15) is 0 Å². The molecule has 0 saturated heterocycles. The van der Waals surface area contributed by atoms with E-state index in [1.165, 1.54) is 5.57 Å². The van der Waals surface area contributed by atoms with E-state index in [0.717, 1.165) is 12.8 Å². The number of hydrogen-bond acceptors (Lipinski definition) is 2. The average molecular weight is 198 g/mol. The van der Waals surface area contributed by atoms with Crippen molar-refractivity contribution in [2.24, 2.45) is 0 Å². The standard InChI is InChI=1S/C11H22N2O/c1-9(2)6-5-7-10(3)13-8-11(14)12-4/h6,10,13H,5,7-8H2,1-4H3,(H,12,14). The zero-order chi connectivity index (χ0) is 11.0. The second-order valence-electron chi connectivity index (χ2n) is 3.81. The van der Waals surface area contributed by atoms with E-state index in [9.17, 15) is 4.79 Å². The Kier molecular flexibility index (Phi) is 7.11. The highest BCUT2D eigenvalue weighted by Crippen LogP contribution is 2.00. The molecule has 2 N–H and O–H groups in total. The number of carbonyl (C=O) groups excluding carboxylic acids is 1. The Morgan fingerprint density at radius 2 is 2.07 bits per heavy atom. The molecule has 0 radical (unpaired) electrons. The topological polar surface area (TPSA) is 41.1 Å². The Hall–Kier alpha value is -0.830. The molecule has 1 amide bonds. The van der Waals surface area contributed by atoms with E-state index < -0.39 is 0 Å². The summed E-state index contributed by atoms with van der Waals surface area (Å²) in [5.41, 5.74) is 1.35. The first-order valence-corrected chi connectivity index (χ1v) is 5.13. The van der Waals surface area contributed by atoms with Crippen molar-refractivity contribution in [2.45, 2.75) is 39.7 Å². The predicted octanol–water partition coefficient (Wildman–Crippen LogP) is 1.46. The lowest BCUT2D eigenvalue weighted by Gasteiger charge is -2.11. The number of nitrogens with one attached hydrogen (secondary N) is 2. The van der Waals surface area contributed by atoms with Crippen LogP contribution in [0.5, 0.6) is 0 Å². The van der Waals surface area contributed by atoms with E-state index in [1.54, 1.807) is 7.05 Å². The molecular formula is C11H22N2O. The highest BCUT2D eigenvalue weighted by Gasteiger charge is 2.02. The summed E-state index contributed by atoms with van der Waals surface area (Å²) in [7, 11) is 1.65. The van der Waals surface area contributed by atoms with Gasteiger partial charge < -0.3 is 10.6 Å². The third kappa shape index (κ3) is 7.80. The van der Waals surface area contributed by atoms with Crippen molar-refractivity contribution >= 4 is 5.91 Å². The molecule has 0 aromatic carbocycles. The monoisotopic (exact) mass is 198 g/mol. The lowest BCUT2D eigenvalue weighted by molar-refractivity contribution is -0.119. The van der Waals surface area contributed by atoms with E-state index in [0.29, 0.717) is 12.6 Å². The quantitative estimate of drug-likeness (QED) is 0.634. The molecule has 0 fully saturated rings. The number of amides is 1. The number of allylic oxidation sites excluding steroid dienone is 2. The van der Waals surface area contributed by atoms with Crippen LogP contribution in [0.3, 0.4) is 0 Å². The van der Waals surface area contributed by atoms with Crippen molar-refractivity contribution in [3.63, 3.8) is 0 Å². The molecule has 0 spiro atoms. The van der Waals surface area contributed by atoms with Gasteiger partial charge in [0, 0.05) is 13.1 Å². The fraction of sp³-hybridized carbons (Fsp3) is 0.727. The van der Waals surface area contributed by atoms with Crippen LogP contribution < -0.4 is 10.6 Å². The van der Waals surface area contributed by atoms with Crippen LogP contribution in [0.25, 0.3) is 0 Å². The second-order valence-corrected chi connectivity index (χ2v) is 3.81. The fourth-order valence-corrected chi connectivity index (χ4v) is 1.08. The number of hydrogen-bond donors (Lipinski definition) is 2. The van der Waals surface area contributed by atoms with Crippen LogP contribution in [0.15, 0.2) is 11.6 Å². The summed E-state index contributed by atoms with van der Waals surface area (Å²) in [5, 5.41) is 5.75. The van der Waals surface area contributed by atoms with Crippen LogP contribution in [0.4, 0.5) is 0 Å². The minimum absolute atomic E-state index is 0.0408. The molecule has 1 unspecified atom stereocenters. The highest BCUT2D eigenvalue weighted by atomic mass is 16.1. The van der Waals surface area contributed by atoms with Gasteiger partial charge >= 0.3 is 0 Å². The minimum Gasteiger partial charge on any atom is -0.358 e. The Balaban J connectivity index is 3.51. The summed E-state index contributed by atoms with van der Waals surface area (Å²) in [6.07, 6.45) is 4.37. The van der Waals surface area contributed by atoms with Crippen molar-refractivity contribution in [1.29, 1.82) is 0 Å². The van der Waals surface area contributed by atoms with E-state index in [1.807, 2.05) is 0 Å². The average Bonchev–Trinajstić information content (AvgIpc) is 2.13. The fourth-order valence-electron chi connectivity index (χ4n) is 1.08. The van der Waals surface area contributed by atoms with E-state index in [4.69, 9.17) is 0 Å². The Labute approximate surface area is 87.0 Å². The molecule has 0 aliphatic carbocycles. The maximum Gasteiger partial charge on any atom is 0.233 e. The van der Waals surface area contributed by atoms with Crippen molar-refractivity contribution in [3.05, 3.63) is 11.6 Å². The molecule has 1 atom stereocenters. The Bertz CT molecular complexity index is 195. The molecule has 0 heterocycles. The van der Waals surface area contributed by atoms with Crippen molar-refractivity contribution in [3.8, 4) is 0 Å². The Morgan fingerprint density at radius 1 is 1.43 bits per heavy atom. The summed E-state index contributed by atoms with van der Waals surface area (Å²) in [5.74, 6) is 0.0408. The summed E-state index contributed by atoms with van der Waals surface area (Å²) >= 11 is 0. The first kappa shape index (κ1) is 13.2. The molecule has 82 valence electrons. The third-order valence-electron chi connectivity index (χ3n) is 2.04. The van der Waals surface area contributed by atoms with Gasteiger partial charge in [0.25, 0.3) is 0 Å². The molecule has 14 heavy (non-hydrogen) atoms. The highest BCUT2D eigenvalue weighted by molar-refractivity contribution is 5.77. The largest absolute Gasteiger partial charge is 0.358 e. The van der Waals surface area contributed by atoms with E-state index >= 15 is 0 Å². The molecule has 0 aromatic heterocycles. The number of carbonyl (C=O) groups is 1. The van der Waals surface area contributed by atoms with Gasteiger partial charge in [0.15, 0.2) is 0 Å². The molecule has 0 rings (SSSR count). The van der Waals surface area contributed by atoms with Crippen LogP contribution in [0.1, 0.15) is 33.6 Å². The van der Waals surface area contributed by atoms with Gasteiger partial charge in [-0.3, -0.25) is 4.79 Å². The number of rotatable bonds is 6. The maximum atomic E-state index is 10.9. The molecule has 0 aromatic rings. The van der Waals surface area contributed by atoms with Crippen LogP contribution >= 0.6 is 0 Å². The van der Waals surface area contributed by atoms with Gasteiger partial charge in [-0.1, -0.05) is 11.6 Å². The molecule has 0 saturated carbocycles. The molecule has 3 nitrogen and oxygen atoms in total. The molecular weight excluding hydrogens is 176 g/mol. The van der Waals surface area contributed by atoms with Crippen molar-refractivity contribution in [1.82, 2.24) is 10.6 Å². The summed E-state index contributed by atoms with van der Waals surface area (Å²) in [6, 6.07) is 0.392. The van der Waals surface area contributed by atoms with Gasteiger partial charge in [-0.05, 0) is 33.6 Å². The molecule has 0 bridgehead atoms. The van der Waals surface area contributed by atoms with E-state index in [2.05, 4.69) is 37.5 Å². The maximum absolute atomic E-state index is 10.9. The molecule has 0 aliphatic heterocycles. The van der Waals surface area contributed by atoms with Gasteiger partial charge in [-0.15, -0.1) is 0 Å². The molecule has 3 heteroatoms. The van der Waals surface area contributed by atoms with Crippen LogP contribution in [0.2, 0.25) is 0 Å². The van der Waals surface area contributed by atoms with Crippen LogP contribution in [-0.2, 0) is 4.79 Å². The van der Waals surface area contributed by atoms with Gasteiger partial charge in [-0.2, -0.15) is 0 Å². The first-order valence-electron chi connectivity index (χ1n) is 5.13. The summed E-state index contributed by atoms with van der Waals surface area (Å²) < 4.78 is 0. The first-order chi connectivity index (χ1) is 6.56. The van der Waals surface area contributed by atoms with Gasteiger partial charge in [0.05, 0.1) is 6.54 Å². The third-order valence-corrected chi connectivity index (χ3v) is 2.04. The summed E-state index contributed by atoms with van der Waals surface area (Å²) in [4.78, 5) is 10.9. The molecule has 0 aliphatic rings. The number of likely N-dealkylation sites (N-methyl/N-ethyl adjacent to an activating group) is 1. The van der Waals surface area contributed by atoms with Gasteiger partial charge in [0.2, 0.25) is 5.91 Å². The van der Waals surface area contributed by atoms with E-state index in [-0.39, 0.29) is 5.91 Å². The van der Waals surface area contributed by atoms with Crippen molar-refractivity contribution < 1.29 is 4.79 Å². The predicted molar refractivity (Wildman–Crippen MR) is 60.2 cm³/mol. The SMILES string of the molecule is CNC(=O)CNC(C)CCC=C(C)C. The lowest BCUT2D eigenvalue weighted by Crippen LogP contribution is -2.36. The normalized spacial score (nSPS) is 12.0. The zero-order valence-electron chi connectivity index (χ0n) is 9.68. The smallest absolute Gasteiger partial charge is 0.233 e. The Morgan fingerprint density at radius 3 is 2.57 bits per heavy atom. The van der Waals surface area contributed by atoms with Gasteiger partial charge in [-0.25, -0.2) is 0 Å². The minimum atomic E-state index is 0.0408. The van der Waals surface area contributed by atoms with Crippen LogP contribution in [-0.4, -0.2) is 25.5 Å². The lowest BCUT2D eigenvalue weighted by atomic mass is 10.1. The summed E-state index contributed by atoms with van der Waals surface area (Å²) in [6.45, 7) is 6.71. The zero-order valence-corrected chi connectivity index (χ0v) is 9.68. The second kappa shape index (κ2) is 7.56. The van der Waals surface area contributed by atoms with Crippen LogP contribution in [0, 0.1) is 0 Å².